The van der Waals surface area contributed by atoms with Gasteiger partial charge in [-0.25, -0.2) is 12.8 Å². The zero-order chi connectivity index (χ0) is 39.4. The van der Waals surface area contributed by atoms with Crippen molar-refractivity contribution < 1.29 is 41.1 Å². The number of carbonyl (C=O) groups is 1. The predicted molar refractivity (Wildman–Crippen MR) is 209 cm³/mol. The third kappa shape index (κ3) is 10.2. The van der Waals surface area contributed by atoms with Crippen molar-refractivity contribution in [1.82, 2.24) is 0 Å². The molecule has 1 saturated heterocycles. The van der Waals surface area contributed by atoms with E-state index in [2.05, 4.69) is 0 Å². The fourth-order valence-corrected chi connectivity index (χ4v) is 9.81. The molecule has 1 heterocycles. The summed E-state index contributed by atoms with van der Waals surface area (Å²) in [6, 6.07) is 20.1. The van der Waals surface area contributed by atoms with Crippen molar-refractivity contribution in [2.75, 3.05) is 22.4 Å². The van der Waals surface area contributed by atoms with Crippen molar-refractivity contribution in [2.45, 2.75) is 77.3 Å². The van der Waals surface area contributed by atoms with Gasteiger partial charge >= 0.3 is 5.97 Å². The van der Waals surface area contributed by atoms with E-state index in [4.69, 9.17) is 9.47 Å². The van der Waals surface area contributed by atoms with E-state index in [1.54, 1.807) is 32.9 Å². The molecule has 54 heavy (non-hydrogen) atoms. The summed E-state index contributed by atoms with van der Waals surface area (Å²) in [6.45, 7) is 9.31. The van der Waals surface area contributed by atoms with Crippen molar-refractivity contribution >= 4 is 38.0 Å². The molecule has 290 valence electrons. The Hall–Kier alpha value is -4.50. The van der Waals surface area contributed by atoms with Gasteiger partial charge in [0.1, 0.15) is 17.2 Å². The number of anilines is 1. The molecule has 0 saturated carbocycles. The number of aryl methyl sites for hydroxylation is 3. The van der Waals surface area contributed by atoms with Gasteiger partial charge in [0, 0.05) is 24.0 Å². The Labute approximate surface area is 317 Å². The molecule has 4 aromatic carbocycles. The van der Waals surface area contributed by atoms with Crippen molar-refractivity contribution in [3.8, 4) is 16.9 Å². The molecule has 1 aliphatic heterocycles. The van der Waals surface area contributed by atoms with Crippen LogP contribution in [0.5, 0.6) is 5.75 Å². The monoisotopic (exact) mass is 782 g/mol. The Kier molecular flexibility index (Phi) is 12.4. The summed E-state index contributed by atoms with van der Waals surface area (Å²) in [5.41, 5.74) is 2.95. The zero-order valence-corrected chi connectivity index (χ0v) is 32.7. The number of halogens is 1. The van der Waals surface area contributed by atoms with E-state index in [9.17, 15) is 32.4 Å². The number of hydrogen-bond donors (Lipinski definition) is 2. The van der Waals surface area contributed by atoms with E-state index in [0.29, 0.717) is 42.3 Å². The molecule has 14 heteroatoms. The molecule has 11 nitrogen and oxygen atoms in total. The molecule has 5 rings (SSSR count). The SMILES string of the molecule is Cc1cc(OCC2CCS(O)(O)CC2)cc(C)c1-c1cccc(CN(c2ccc(CCC(=O)OC(C)(C)C)c(F)c2)S(=O)(=O)c2ccccc2[N+](=O)[O-])c1. The van der Waals surface area contributed by atoms with Crippen LogP contribution in [0.25, 0.3) is 11.1 Å². The Morgan fingerprint density at radius 1 is 0.981 bits per heavy atom. The van der Waals surface area contributed by atoms with Gasteiger partial charge in [0.2, 0.25) is 0 Å². The second-order valence-corrected chi connectivity index (χ2v) is 18.9. The standard InChI is InChI=1S/C40H47FN2O9S2/c1-27-21-34(51-26-29-17-19-53(47,48)20-18-29)22-28(2)39(27)32-10-8-9-30(23-32)25-42(54(49,50)37-12-7-6-11-36(37)43(45)46)33-15-13-31(35(41)24-33)14-16-38(44)52-40(3,4)5/h6-13,15,21-24,29,47-48H,14,16-20,25-26H2,1-5H3. The average Bonchev–Trinajstić information content (AvgIpc) is 3.08. The van der Waals surface area contributed by atoms with Gasteiger partial charge in [0.25, 0.3) is 15.7 Å². The van der Waals surface area contributed by atoms with Crippen LogP contribution in [0.15, 0.2) is 83.8 Å². The first-order valence-corrected chi connectivity index (χ1v) is 21.0. The van der Waals surface area contributed by atoms with Crippen LogP contribution in [0, 0.1) is 35.7 Å². The van der Waals surface area contributed by atoms with E-state index in [0.717, 1.165) is 44.8 Å². The van der Waals surface area contributed by atoms with Crippen molar-refractivity contribution in [3.05, 3.63) is 117 Å². The second-order valence-electron chi connectivity index (χ2n) is 14.7. The number of rotatable bonds is 13. The Bertz CT molecular complexity index is 2100. The summed E-state index contributed by atoms with van der Waals surface area (Å²) in [6.07, 6.45) is 1.33. The van der Waals surface area contributed by atoms with E-state index in [1.807, 2.05) is 38.1 Å². The molecule has 0 aliphatic carbocycles. The summed E-state index contributed by atoms with van der Waals surface area (Å²) in [7, 11) is -7.08. The number of esters is 1. The molecular formula is C40H47FN2O9S2. The van der Waals surface area contributed by atoms with Gasteiger partial charge < -0.3 is 9.47 Å². The Morgan fingerprint density at radius 3 is 2.28 bits per heavy atom. The van der Waals surface area contributed by atoms with Gasteiger partial charge in [-0.15, -0.1) is 0 Å². The van der Waals surface area contributed by atoms with Crippen LogP contribution in [-0.4, -0.2) is 52.1 Å². The maximum absolute atomic E-state index is 15.6. The first-order chi connectivity index (χ1) is 25.3. The van der Waals surface area contributed by atoms with Crippen LogP contribution in [-0.2, 0) is 32.5 Å². The lowest BCUT2D eigenvalue weighted by molar-refractivity contribution is -0.387. The number of nitro groups is 1. The highest BCUT2D eigenvalue weighted by molar-refractivity contribution is 8.24. The van der Waals surface area contributed by atoms with Gasteiger partial charge in [-0.2, -0.15) is 10.6 Å². The minimum atomic E-state index is -4.62. The summed E-state index contributed by atoms with van der Waals surface area (Å²) in [5.74, 6) is 0.486. The number of hydrogen-bond acceptors (Lipinski definition) is 9. The second kappa shape index (κ2) is 16.5. The molecule has 0 atom stereocenters. The summed E-state index contributed by atoms with van der Waals surface area (Å²) in [5, 5.41) is 11.9. The third-order valence-corrected chi connectivity index (χ3v) is 12.8. The zero-order valence-electron chi connectivity index (χ0n) is 31.1. The Balaban J connectivity index is 1.44. The highest BCUT2D eigenvalue weighted by Crippen LogP contribution is 2.46. The molecule has 0 amide bonds. The van der Waals surface area contributed by atoms with Gasteiger partial charge in [-0.05, 0) is 130 Å². The maximum Gasteiger partial charge on any atom is 0.306 e. The number of para-hydroxylation sites is 1. The average molecular weight is 783 g/mol. The van der Waals surface area contributed by atoms with E-state index < -0.39 is 53.5 Å². The molecule has 2 N–H and O–H groups in total. The first kappa shape index (κ1) is 40.7. The third-order valence-electron chi connectivity index (χ3n) is 9.21. The van der Waals surface area contributed by atoms with Crippen LogP contribution < -0.4 is 9.04 Å². The number of nitro benzene ring substituents is 1. The minimum Gasteiger partial charge on any atom is -0.493 e. The van der Waals surface area contributed by atoms with Crippen LogP contribution in [0.2, 0.25) is 0 Å². The summed E-state index contributed by atoms with van der Waals surface area (Å²) in [4.78, 5) is 22.9. The fraction of sp³-hybridized carbons (Fsp3) is 0.375. The smallest absolute Gasteiger partial charge is 0.306 e. The number of sulfonamides is 1. The van der Waals surface area contributed by atoms with Gasteiger partial charge in [-0.3, -0.25) is 28.3 Å². The highest BCUT2D eigenvalue weighted by atomic mass is 32.3. The van der Waals surface area contributed by atoms with Crippen LogP contribution in [0.1, 0.15) is 62.3 Å². The topological polar surface area (TPSA) is 157 Å². The Morgan fingerprint density at radius 2 is 1.65 bits per heavy atom. The summed E-state index contributed by atoms with van der Waals surface area (Å²) < 4.78 is 76.5. The van der Waals surface area contributed by atoms with Gasteiger partial charge in [0.15, 0.2) is 4.90 Å². The maximum atomic E-state index is 15.6. The lowest BCUT2D eigenvalue weighted by Gasteiger charge is -2.39. The van der Waals surface area contributed by atoms with E-state index in [-0.39, 0.29) is 36.6 Å². The van der Waals surface area contributed by atoms with Crippen LogP contribution >= 0.6 is 10.6 Å². The molecular weight excluding hydrogens is 736 g/mol. The number of ether oxygens (including phenoxy) is 2. The quantitative estimate of drug-likeness (QED) is 0.0767. The van der Waals surface area contributed by atoms with Crippen LogP contribution in [0.3, 0.4) is 0 Å². The number of nitrogens with zero attached hydrogens (tertiary/aromatic N) is 2. The minimum absolute atomic E-state index is 0.0258. The molecule has 1 aliphatic rings. The number of benzene rings is 4. The van der Waals surface area contributed by atoms with Crippen molar-refractivity contribution in [2.24, 2.45) is 5.92 Å². The predicted octanol–water partition coefficient (Wildman–Crippen LogP) is 9.23. The largest absolute Gasteiger partial charge is 0.493 e. The lowest BCUT2D eigenvalue weighted by Crippen LogP contribution is -2.31. The van der Waals surface area contributed by atoms with Gasteiger partial charge in [-0.1, -0.05) is 36.4 Å². The fourth-order valence-electron chi connectivity index (χ4n) is 6.57. The van der Waals surface area contributed by atoms with Crippen LogP contribution in [0.4, 0.5) is 15.8 Å². The highest BCUT2D eigenvalue weighted by Gasteiger charge is 2.33. The molecule has 0 aromatic heterocycles. The molecule has 0 radical (unpaired) electrons. The van der Waals surface area contributed by atoms with Crippen molar-refractivity contribution in [3.63, 3.8) is 0 Å². The first-order valence-electron chi connectivity index (χ1n) is 17.7. The normalized spacial score (nSPS) is 15.3. The van der Waals surface area contributed by atoms with E-state index in [1.165, 1.54) is 24.3 Å². The summed E-state index contributed by atoms with van der Waals surface area (Å²) >= 11 is 0. The lowest BCUT2D eigenvalue weighted by atomic mass is 9.94. The molecule has 1 fully saturated rings. The number of carbonyl (C=O) groups excluding carboxylic acids is 1. The molecule has 0 spiro atoms. The van der Waals surface area contributed by atoms with Gasteiger partial charge in [0.05, 0.1) is 23.8 Å². The van der Waals surface area contributed by atoms with Crippen molar-refractivity contribution in [1.29, 1.82) is 0 Å². The molecule has 0 bridgehead atoms. The molecule has 0 unspecified atom stereocenters. The van der Waals surface area contributed by atoms with E-state index >= 15 is 4.39 Å². The molecule has 4 aromatic rings.